The van der Waals surface area contributed by atoms with Crippen LogP contribution in [0.3, 0.4) is 0 Å². The molecule has 0 amide bonds. The lowest BCUT2D eigenvalue weighted by Gasteiger charge is -2.29. The first-order valence-corrected chi connectivity index (χ1v) is 6.23. The molecule has 1 saturated heterocycles. The van der Waals surface area contributed by atoms with Crippen molar-refractivity contribution >= 4 is 23.1 Å². The molecule has 0 atom stereocenters. The number of nitrogens with zero attached hydrogens (tertiary/aromatic N) is 3. The molecule has 0 bridgehead atoms. The first-order valence-electron chi connectivity index (χ1n) is 5.85. The van der Waals surface area contributed by atoms with Gasteiger partial charge in [0.1, 0.15) is 12.0 Å². The molecule has 5 nitrogen and oxygen atoms in total. The fourth-order valence-electron chi connectivity index (χ4n) is 2.02. The molecular formula is C11H18ClN5. The zero-order chi connectivity index (χ0) is 12.3. The van der Waals surface area contributed by atoms with Gasteiger partial charge >= 0.3 is 0 Å². The molecule has 94 valence electrons. The van der Waals surface area contributed by atoms with Crippen molar-refractivity contribution in [1.29, 1.82) is 0 Å². The van der Waals surface area contributed by atoms with Crippen LogP contribution in [-0.4, -0.2) is 41.5 Å². The third kappa shape index (κ3) is 3.20. The molecule has 1 fully saturated rings. The number of piperidine rings is 1. The van der Waals surface area contributed by atoms with Gasteiger partial charge in [0, 0.05) is 6.54 Å². The topological polar surface area (TPSA) is 67.1 Å². The first-order chi connectivity index (χ1) is 8.16. The van der Waals surface area contributed by atoms with E-state index in [1.807, 2.05) is 0 Å². The van der Waals surface area contributed by atoms with Crippen LogP contribution in [0, 0.1) is 5.92 Å². The predicted molar refractivity (Wildman–Crippen MR) is 70.2 cm³/mol. The second-order valence-corrected chi connectivity index (χ2v) is 4.91. The van der Waals surface area contributed by atoms with Gasteiger partial charge in [-0.2, -0.15) is 0 Å². The summed E-state index contributed by atoms with van der Waals surface area (Å²) in [7, 11) is 2.16. The molecule has 17 heavy (non-hydrogen) atoms. The van der Waals surface area contributed by atoms with Crippen molar-refractivity contribution in [2.45, 2.75) is 12.8 Å². The average Bonchev–Trinajstić information content (AvgIpc) is 2.33. The van der Waals surface area contributed by atoms with Gasteiger partial charge in [-0.3, -0.25) is 0 Å². The van der Waals surface area contributed by atoms with Crippen molar-refractivity contribution in [3.05, 3.63) is 11.5 Å². The maximum atomic E-state index is 5.83. The van der Waals surface area contributed by atoms with E-state index in [0.29, 0.717) is 22.6 Å². The average molecular weight is 256 g/mol. The van der Waals surface area contributed by atoms with Crippen LogP contribution in [0.5, 0.6) is 0 Å². The van der Waals surface area contributed by atoms with Crippen LogP contribution < -0.4 is 11.1 Å². The lowest BCUT2D eigenvalue weighted by atomic mass is 9.97. The van der Waals surface area contributed by atoms with Crippen molar-refractivity contribution in [3.8, 4) is 0 Å². The van der Waals surface area contributed by atoms with Gasteiger partial charge in [0.2, 0.25) is 0 Å². The minimum Gasteiger partial charge on any atom is -0.393 e. The van der Waals surface area contributed by atoms with Gasteiger partial charge in [0.05, 0.1) is 0 Å². The molecular weight excluding hydrogens is 238 g/mol. The number of anilines is 2. The molecule has 1 aliphatic heterocycles. The van der Waals surface area contributed by atoms with E-state index in [1.54, 1.807) is 0 Å². The van der Waals surface area contributed by atoms with E-state index in [-0.39, 0.29) is 0 Å². The third-order valence-electron chi connectivity index (χ3n) is 3.23. The zero-order valence-corrected chi connectivity index (χ0v) is 10.7. The lowest BCUT2D eigenvalue weighted by Crippen LogP contribution is -2.33. The number of likely N-dealkylation sites (tertiary alicyclic amines) is 1. The minimum absolute atomic E-state index is 0.311. The van der Waals surface area contributed by atoms with Gasteiger partial charge in [0.25, 0.3) is 0 Å². The summed E-state index contributed by atoms with van der Waals surface area (Å²) in [6.07, 6.45) is 3.85. The number of aromatic nitrogens is 2. The largest absolute Gasteiger partial charge is 0.393 e. The smallest absolute Gasteiger partial charge is 0.157 e. The lowest BCUT2D eigenvalue weighted by molar-refractivity contribution is 0.226. The van der Waals surface area contributed by atoms with Gasteiger partial charge in [-0.15, -0.1) is 0 Å². The highest BCUT2D eigenvalue weighted by Gasteiger charge is 2.17. The Morgan fingerprint density at radius 3 is 2.88 bits per heavy atom. The highest BCUT2D eigenvalue weighted by Crippen LogP contribution is 2.23. The van der Waals surface area contributed by atoms with Crippen LogP contribution in [0.15, 0.2) is 6.33 Å². The summed E-state index contributed by atoms with van der Waals surface area (Å²) in [6, 6.07) is 0. The molecule has 6 heteroatoms. The molecule has 0 unspecified atom stereocenters. The Morgan fingerprint density at radius 2 is 2.18 bits per heavy atom. The van der Waals surface area contributed by atoms with Crippen LogP contribution in [0.1, 0.15) is 12.8 Å². The summed E-state index contributed by atoms with van der Waals surface area (Å²) >= 11 is 5.83. The van der Waals surface area contributed by atoms with Crippen molar-refractivity contribution in [2.24, 2.45) is 5.92 Å². The summed E-state index contributed by atoms with van der Waals surface area (Å²) in [5, 5.41) is 3.57. The molecule has 2 heterocycles. The summed E-state index contributed by atoms with van der Waals surface area (Å²) in [6.45, 7) is 3.21. The molecule has 0 aromatic carbocycles. The Balaban J connectivity index is 1.87. The molecule has 2 rings (SSSR count). The third-order valence-corrected chi connectivity index (χ3v) is 3.53. The molecule has 0 radical (unpaired) electrons. The number of nitrogens with one attached hydrogen (secondary N) is 1. The van der Waals surface area contributed by atoms with Crippen LogP contribution in [0.25, 0.3) is 0 Å². The predicted octanol–water partition coefficient (Wildman–Crippen LogP) is 1.47. The Morgan fingerprint density at radius 1 is 1.47 bits per heavy atom. The number of nitrogens with two attached hydrogens (primary N) is 1. The van der Waals surface area contributed by atoms with Crippen LogP contribution in [0.2, 0.25) is 5.15 Å². The Bertz CT molecular complexity index is 376. The SMILES string of the molecule is CN1CCC(CNc2ncnc(Cl)c2N)CC1. The van der Waals surface area contributed by atoms with E-state index in [9.17, 15) is 0 Å². The molecule has 0 aliphatic carbocycles. The molecule has 1 aliphatic rings. The Hall–Kier alpha value is -1.07. The summed E-state index contributed by atoms with van der Waals surface area (Å²) in [4.78, 5) is 10.3. The summed E-state index contributed by atoms with van der Waals surface area (Å²) in [5.41, 5.74) is 6.23. The van der Waals surface area contributed by atoms with Gasteiger partial charge in [-0.25, -0.2) is 9.97 Å². The Kier molecular flexibility index (Phi) is 4.02. The molecule has 3 N–H and O–H groups in total. The van der Waals surface area contributed by atoms with E-state index in [0.717, 1.165) is 19.6 Å². The maximum Gasteiger partial charge on any atom is 0.157 e. The fourth-order valence-corrected chi connectivity index (χ4v) is 2.16. The van der Waals surface area contributed by atoms with Gasteiger partial charge in [0.15, 0.2) is 11.0 Å². The quantitative estimate of drug-likeness (QED) is 0.801. The zero-order valence-electron chi connectivity index (χ0n) is 9.99. The van der Waals surface area contributed by atoms with E-state index in [2.05, 4.69) is 27.2 Å². The van der Waals surface area contributed by atoms with E-state index in [4.69, 9.17) is 17.3 Å². The van der Waals surface area contributed by atoms with Crippen molar-refractivity contribution < 1.29 is 0 Å². The highest BCUT2D eigenvalue weighted by molar-refractivity contribution is 6.32. The van der Waals surface area contributed by atoms with Crippen molar-refractivity contribution in [2.75, 3.05) is 37.7 Å². The standard InChI is InChI=1S/C11H18ClN5/c1-17-4-2-8(3-5-17)6-14-11-9(13)10(12)15-7-16-11/h7-8H,2-6,13H2,1H3,(H,14,15,16). The molecule has 0 saturated carbocycles. The normalized spacial score (nSPS) is 18.2. The fraction of sp³-hybridized carbons (Fsp3) is 0.636. The molecule has 1 aromatic rings. The van der Waals surface area contributed by atoms with Crippen LogP contribution in [0.4, 0.5) is 11.5 Å². The Labute approximate surface area is 106 Å². The first kappa shape index (κ1) is 12.4. The maximum absolute atomic E-state index is 5.83. The molecule has 0 spiro atoms. The van der Waals surface area contributed by atoms with Crippen LogP contribution in [-0.2, 0) is 0 Å². The number of hydrogen-bond donors (Lipinski definition) is 2. The number of nitrogen functional groups attached to an aromatic ring is 1. The second-order valence-electron chi connectivity index (χ2n) is 4.55. The van der Waals surface area contributed by atoms with Crippen LogP contribution >= 0.6 is 11.6 Å². The van der Waals surface area contributed by atoms with Gasteiger partial charge in [-0.1, -0.05) is 11.6 Å². The highest BCUT2D eigenvalue weighted by atomic mass is 35.5. The number of hydrogen-bond acceptors (Lipinski definition) is 5. The summed E-state index contributed by atoms with van der Waals surface area (Å²) < 4.78 is 0. The van der Waals surface area contributed by atoms with Gasteiger partial charge in [-0.05, 0) is 38.9 Å². The van der Waals surface area contributed by atoms with E-state index in [1.165, 1.54) is 19.2 Å². The number of halogens is 1. The van der Waals surface area contributed by atoms with Crippen molar-refractivity contribution in [1.82, 2.24) is 14.9 Å². The summed E-state index contributed by atoms with van der Waals surface area (Å²) in [5.74, 6) is 1.32. The van der Waals surface area contributed by atoms with E-state index < -0.39 is 0 Å². The van der Waals surface area contributed by atoms with E-state index >= 15 is 0 Å². The monoisotopic (exact) mass is 255 g/mol. The van der Waals surface area contributed by atoms with Gasteiger partial charge < -0.3 is 16.0 Å². The molecule has 1 aromatic heterocycles. The minimum atomic E-state index is 0.311. The van der Waals surface area contributed by atoms with Crippen molar-refractivity contribution in [3.63, 3.8) is 0 Å². The number of rotatable bonds is 3. The second kappa shape index (κ2) is 5.51.